The number of para-hydroxylation sites is 2. The summed E-state index contributed by atoms with van der Waals surface area (Å²) >= 11 is 0. The van der Waals surface area contributed by atoms with E-state index in [1.165, 1.54) is 17.2 Å². The molecule has 0 bridgehead atoms. The molecular formula is C57H44F3N3. The second kappa shape index (κ2) is 14.6. The molecule has 2 heterocycles. The molecule has 2 aromatic heterocycles. The molecule has 0 saturated heterocycles. The van der Waals surface area contributed by atoms with Crippen molar-refractivity contribution in [2.45, 2.75) is 54.6 Å². The largest absolute Gasteiger partial charge is 0.417 e. The molecule has 3 nitrogen and oxygen atoms in total. The van der Waals surface area contributed by atoms with E-state index in [4.69, 9.17) is 0 Å². The van der Waals surface area contributed by atoms with Crippen molar-refractivity contribution in [1.82, 2.24) is 9.13 Å². The van der Waals surface area contributed by atoms with Crippen LogP contribution in [-0.4, -0.2) is 9.13 Å². The van der Waals surface area contributed by atoms with E-state index in [0.717, 1.165) is 94.2 Å². The summed E-state index contributed by atoms with van der Waals surface area (Å²) in [5, 5.41) is 15.1. The molecular weight excluding hydrogens is 784 g/mol. The Morgan fingerprint density at radius 3 is 1.37 bits per heavy atom. The fourth-order valence-corrected chi connectivity index (χ4v) is 10.5. The highest BCUT2D eigenvalue weighted by atomic mass is 19.4. The van der Waals surface area contributed by atoms with E-state index in [2.05, 4.69) is 130 Å². The third-order valence-corrected chi connectivity index (χ3v) is 12.8. The molecule has 10 rings (SSSR count). The van der Waals surface area contributed by atoms with Crippen LogP contribution in [0.4, 0.5) is 13.2 Å². The van der Waals surface area contributed by atoms with Crippen molar-refractivity contribution in [2.24, 2.45) is 0 Å². The van der Waals surface area contributed by atoms with E-state index in [9.17, 15) is 5.26 Å². The molecule has 0 unspecified atom stereocenters. The lowest BCUT2D eigenvalue weighted by Gasteiger charge is -2.22. The highest BCUT2D eigenvalue weighted by molar-refractivity contribution is 6.12. The number of fused-ring (bicyclic) bond motifs is 6. The second-order valence-electron chi connectivity index (χ2n) is 17.2. The SMILES string of the molecule is Cc1cc(C)c(-c2ccc3c4ccccc4n(-c4cc(-c5c(C)cccc5C(F)(F)F)c(-n5c6ccccc6c6ccc(-c7c(C)cc(C)cc7C)cc65)cc4C#N)c3c2)c(C)c1. The molecule has 0 amide bonds. The maximum atomic E-state index is 15.4. The Morgan fingerprint density at radius 1 is 0.429 bits per heavy atom. The number of hydrogen-bond donors (Lipinski definition) is 0. The van der Waals surface area contributed by atoms with Crippen LogP contribution in [0, 0.1) is 59.8 Å². The number of rotatable bonds is 5. The van der Waals surface area contributed by atoms with Crippen molar-refractivity contribution >= 4 is 43.6 Å². The molecule has 63 heavy (non-hydrogen) atoms. The molecule has 308 valence electrons. The van der Waals surface area contributed by atoms with Gasteiger partial charge < -0.3 is 9.13 Å². The van der Waals surface area contributed by atoms with E-state index in [1.54, 1.807) is 19.1 Å². The Bertz CT molecular complexity index is 3540. The van der Waals surface area contributed by atoms with E-state index < -0.39 is 11.7 Å². The summed E-state index contributed by atoms with van der Waals surface area (Å²) in [6, 6.07) is 48.1. The first-order valence-electron chi connectivity index (χ1n) is 21.2. The van der Waals surface area contributed by atoms with Crippen molar-refractivity contribution in [2.75, 3.05) is 0 Å². The van der Waals surface area contributed by atoms with E-state index >= 15 is 13.2 Å². The van der Waals surface area contributed by atoms with Crippen LogP contribution < -0.4 is 0 Å². The summed E-state index contributed by atoms with van der Waals surface area (Å²) in [7, 11) is 0. The van der Waals surface area contributed by atoms with Gasteiger partial charge in [0.15, 0.2) is 0 Å². The van der Waals surface area contributed by atoms with Gasteiger partial charge in [0.2, 0.25) is 0 Å². The lowest BCUT2D eigenvalue weighted by atomic mass is 9.91. The lowest BCUT2D eigenvalue weighted by Crippen LogP contribution is -2.10. The van der Waals surface area contributed by atoms with Crippen molar-refractivity contribution in [3.8, 4) is 50.8 Å². The first-order chi connectivity index (χ1) is 30.2. The normalized spacial score (nSPS) is 12.0. The summed E-state index contributed by atoms with van der Waals surface area (Å²) in [5.74, 6) is 0. The Labute approximate surface area is 364 Å². The Balaban J connectivity index is 1.35. The summed E-state index contributed by atoms with van der Waals surface area (Å²) < 4.78 is 50.3. The fourth-order valence-electron chi connectivity index (χ4n) is 10.5. The van der Waals surface area contributed by atoms with Crippen LogP contribution in [0.3, 0.4) is 0 Å². The summed E-state index contributed by atoms with van der Waals surface area (Å²) in [5.41, 5.74) is 16.1. The van der Waals surface area contributed by atoms with Crippen molar-refractivity contribution in [3.05, 3.63) is 190 Å². The zero-order valence-electron chi connectivity index (χ0n) is 36.3. The Morgan fingerprint density at radius 2 is 0.889 bits per heavy atom. The molecule has 0 aliphatic rings. The van der Waals surface area contributed by atoms with E-state index in [1.807, 2.05) is 42.5 Å². The van der Waals surface area contributed by atoms with Gasteiger partial charge in [0, 0.05) is 27.1 Å². The number of nitrogens with zero attached hydrogens (tertiary/aromatic N) is 3. The van der Waals surface area contributed by atoms with E-state index in [0.29, 0.717) is 28.1 Å². The van der Waals surface area contributed by atoms with Gasteiger partial charge in [0.05, 0.1) is 44.6 Å². The smallest absolute Gasteiger partial charge is 0.309 e. The predicted molar refractivity (Wildman–Crippen MR) is 254 cm³/mol. The summed E-state index contributed by atoms with van der Waals surface area (Å²) in [6.07, 6.45) is -4.66. The average molecular weight is 828 g/mol. The molecule has 8 aromatic carbocycles. The summed E-state index contributed by atoms with van der Waals surface area (Å²) in [6.45, 7) is 14.4. The van der Waals surface area contributed by atoms with Crippen LogP contribution in [0.15, 0.2) is 140 Å². The molecule has 10 aromatic rings. The molecule has 0 aliphatic carbocycles. The Hall–Kier alpha value is -7.36. The first kappa shape index (κ1) is 39.8. The van der Waals surface area contributed by atoms with Crippen molar-refractivity contribution in [1.29, 1.82) is 5.26 Å². The van der Waals surface area contributed by atoms with Gasteiger partial charge in [-0.25, -0.2) is 0 Å². The number of aryl methyl sites for hydroxylation is 7. The molecule has 0 atom stereocenters. The summed E-state index contributed by atoms with van der Waals surface area (Å²) in [4.78, 5) is 0. The third kappa shape index (κ3) is 6.33. The molecule has 0 fully saturated rings. The van der Waals surface area contributed by atoms with Crippen molar-refractivity contribution < 1.29 is 13.2 Å². The maximum absolute atomic E-state index is 15.4. The van der Waals surface area contributed by atoms with Crippen LogP contribution in [0.5, 0.6) is 0 Å². The molecule has 0 saturated carbocycles. The number of halogens is 3. The third-order valence-electron chi connectivity index (χ3n) is 12.8. The van der Waals surface area contributed by atoms with Gasteiger partial charge in [-0.3, -0.25) is 0 Å². The number of hydrogen-bond acceptors (Lipinski definition) is 1. The zero-order valence-corrected chi connectivity index (χ0v) is 36.3. The number of aromatic nitrogens is 2. The van der Waals surface area contributed by atoms with Gasteiger partial charge in [0.25, 0.3) is 0 Å². The topological polar surface area (TPSA) is 33.6 Å². The van der Waals surface area contributed by atoms with Crippen LogP contribution >= 0.6 is 0 Å². The monoisotopic (exact) mass is 827 g/mol. The second-order valence-corrected chi connectivity index (χ2v) is 17.2. The van der Waals surface area contributed by atoms with Gasteiger partial charge >= 0.3 is 6.18 Å². The van der Waals surface area contributed by atoms with Gasteiger partial charge in [-0.15, -0.1) is 0 Å². The van der Waals surface area contributed by atoms with Gasteiger partial charge in [-0.1, -0.05) is 108 Å². The van der Waals surface area contributed by atoms with Crippen LogP contribution in [0.2, 0.25) is 0 Å². The fraction of sp³-hybridized carbons (Fsp3) is 0.140. The molecule has 0 radical (unpaired) electrons. The molecule has 0 N–H and O–H groups in total. The minimum Gasteiger partial charge on any atom is -0.309 e. The Kier molecular flexibility index (Phi) is 9.24. The van der Waals surface area contributed by atoms with Gasteiger partial charge in [-0.2, -0.15) is 18.4 Å². The minimum atomic E-state index is -4.66. The molecule has 0 aliphatic heterocycles. The van der Waals surface area contributed by atoms with E-state index in [-0.39, 0.29) is 5.56 Å². The van der Waals surface area contributed by atoms with Gasteiger partial charge in [0.1, 0.15) is 6.07 Å². The number of nitriles is 1. The number of alkyl halides is 3. The predicted octanol–water partition coefficient (Wildman–Crippen LogP) is 15.9. The van der Waals surface area contributed by atoms with Crippen LogP contribution in [-0.2, 0) is 6.18 Å². The maximum Gasteiger partial charge on any atom is 0.417 e. The lowest BCUT2D eigenvalue weighted by molar-refractivity contribution is -0.137. The standard InChI is InChI=1S/C57H44F3N3/c1-32-23-35(4)54(36(5)24-32)39-19-21-44-42-14-8-10-17-48(42)62(51(44)27-39)50-30-46(56-34(3)13-12-16-47(56)57(58,59)60)53(29-41(50)31-61)63-49-18-11-9-15-43(49)45-22-20-40(28-52(45)63)55-37(6)25-33(2)26-38(55)7/h8-30H,1-7H3. The number of benzene rings is 8. The zero-order chi connectivity index (χ0) is 44.1. The highest BCUT2D eigenvalue weighted by Crippen LogP contribution is 2.46. The first-order valence-corrected chi connectivity index (χ1v) is 21.2. The van der Waals surface area contributed by atoms with Gasteiger partial charge in [-0.05, 0) is 147 Å². The quantitative estimate of drug-likeness (QED) is 0.170. The molecule has 0 spiro atoms. The minimum absolute atomic E-state index is 0.0745. The van der Waals surface area contributed by atoms with Crippen LogP contribution in [0.1, 0.15) is 50.1 Å². The average Bonchev–Trinajstić information content (AvgIpc) is 3.74. The molecule has 6 heteroatoms. The van der Waals surface area contributed by atoms with Crippen LogP contribution in [0.25, 0.3) is 88.4 Å². The van der Waals surface area contributed by atoms with Crippen molar-refractivity contribution in [3.63, 3.8) is 0 Å². The highest BCUT2D eigenvalue weighted by Gasteiger charge is 2.36.